The predicted molar refractivity (Wildman–Crippen MR) is 93.2 cm³/mol. The lowest BCUT2D eigenvalue weighted by atomic mass is 10.2. The standard InChI is InChI=1S/C18H11ClF3N3O/c19-12-3-1-2-4-14(12)25-18(26)10-7-11(9-23-8-10)24-15-6-5-13(20)16(21)17(15)22/h1-9,24H,(H,25,26). The molecule has 4 nitrogen and oxygen atoms in total. The van der Waals surface area contributed by atoms with Gasteiger partial charge in [0.05, 0.1) is 33.8 Å². The van der Waals surface area contributed by atoms with E-state index in [1.54, 1.807) is 24.3 Å². The number of hydrogen-bond acceptors (Lipinski definition) is 3. The Labute approximate surface area is 151 Å². The summed E-state index contributed by atoms with van der Waals surface area (Å²) >= 11 is 5.99. The Balaban J connectivity index is 1.81. The van der Waals surface area contributed by atoms with Gasteiger partial charge in [-0.2, -0.15) is 0 Å². The Morgan fingerprint density at radius 3 is 2.50 bits per heavy atom. The third-order valence-corrected chi connectivity index (χ3v) is 3.77. The zero-order valence-corrected chi connectivity index (χ0v) is 13.8. The number of halogens is 4. The van der Waals surface area contributed by atoms with Crippen LogP contribution in [0.5, 0.6) is 0 Å². The molecule has 8 heteroatoms. The molecule has 0 unspecified atom stereocenters. The highest BCUT2D eigenvalue weighted by Crippen LogP contribution is 2.24. The maximum atomic E-state index is 13.7. The van der Waals surface area contributed by atoms with E-state index in [9.17, 15) is 18.0 Å². The summed E-state index contributed by atoms with van der Waals surface area (Å²) < 4.78 is 40.0. The smallest absolute Gasteiger partial charge is 0.257 e. The van der Waals surface area contributed by atoms with Gasteiger partial charge < -0.3 is 10.6 Å². The minimum Gasteiger partial charge on any atom is -0.352 e. The largest absolute Gasteiger partial charge is 0.352 e. The molecule has 2 N–H and O–H groups in total. The lowest BCUT2D eigenvalue weighted by Gasteiger charge is -2.10. The highest BCUT2D eigenvalue weighted by atomic mass is 35.5. The Kier molecular flexibility index (Phi) is 5.09. The normalized spacial score (nSPS) is 10.5. The number of nitrogens with one attached hydrogen (secondary N) is 2. The maximum Gasteiger partial charge on any atom is 0.257 e. The Hall–Kier alpha value is -3.06. The molecule has 0 spiro atoms. The van der Waals surface area contributed by atoms with E-state index in [-0.39, 0.29) is 16.9 Å². The second-order valence-corrected chi connectivity index (χ2v) is 5.65. The summed E-state index contributed by atoms with van der Waals surface area (Å²) in [4.78, 5) is 16.2. The van der Waals surface area contributed by atoms with Crippen molar-refractivity contribution < 1.29 is 18.0 Å². The number of nitrogens with zero attached hydrogens (tertiary/aromatic N) is 1. The molecule has 0 aliphatic rings. The first-order valence-corrected chi connectivity index (χ1v) is 7.75. The van der Waals surface area contributed by atoms with Crippen molar-refractivity contribution in [3.05, 3.63) is 82.9 Å². The molecule has 3 rings (SSSR count). The van der Waals surface area contributed by atoms with Crippen LogP contribution in [0.1, 0.15) is 10.4 Å². The summed E-state index contributed by atoms with van der Waals surface area (Å²) in [5, 5.41) is 5.55. The van der Waals surface area contributed by atoms with Crippen LogP contribution in [0.15, 0.2) is 54.9 Å². The number of amides is 1. The van der Waals surface area contributed by atoms with Gasteiger partial charge in [-0.05, 0) is 30.3 Å². The first-order valence-electron chi connectivity index (χ1n) is 7.37. The van der Waals surface area contributed by atoms with E-state index < -0.39 is 23.4 Å². The highest BCUT2D eigenvalue weighted by Gasteiger charge is 2.14. The zero-order valence-electron chi connectivity index (χ0n) is 13.1. The summed E-state index contributed by atoms with van der Waals surface area (Å²) in [5.74, 6) is -4.73. The molecule has 0 aliphatic heterocycles. The van der Waals surface area contributed by atoms with Gasteiger partial charge in [-0.25, -0.2) is 13.2 Å². The van der Waals surface area contributed by atoms with Crippen LogP contribution in [0.25, 0.3) is 0 Å². The molecule has 1 amide bonds. The van der Waals surface area contributed by atoms with Gasteiger partial charge in [0.2, 0.25) is 0 Å². The SMILES string of the molecule is O=C(Nc1ccccc1Cl)c1cncc(Nc2ccc(F)c(F)c2F)c1. The quantitative estimate of drug-likeness (QED) is 0.618. The number of benzene rings is 2. The van der Waals surface area contributed by atoms with E-state index in [2.05, 4.69) is 15.6 Å². The number of carbonyl (C=O) groups is 1. The summed E-state index contributed by atoms with van der Waals surface area (Å²) in [7, 11) is 0. The molecular formula is C18H11ClF3N3O. The zero-order chi connectivity index (χ0) is 18.7. The Bertz CT molecular complexity index is 982. The van der Waals surface area contributed by atoms with E-state index in [0.29, 0.717) is 10.7 Å². The third-order valence-electron chi connectivity index (χ3n) is 3.44. The van der Waals surface area contributed by atoms with E-state index in [1.165, 1.54) is 18.5 Å². The fraction of sp³-hybridized carbons (Fsp3) is 0. The first-order chi connectivity index (χ1) is 12.5. The van der Waals surface area contributed by atoms with Gasteiger partial charge in [0.1, 0.15) is 0 Å². The summed E-state index contributed by atoms with van der Waals surface area (Å²) in [6, 6.07) is 9.92. The highest BCUT2D eigenvalue weighted by molar-refractivity contribution is 6.33. The number of carbonyl (C=O) groups excluding carboxylic acids is 1. The average Bonchev–Trinajstić information content (AvgIpc) is 2.64. The van der Waals surface area contributed by atoms with Gasteiger partial charge in [0.25, 0.3) is 5.91 Å². The minimum absolute atomic E-state index is 0.165. The summed E-state index contributed by atoms with van der Waals surface area (Å²) in [6.45, 7) is 0. The molecule has 132 valence electrons. The number of anilines is 3. The lowest BCUT2D eigenvalue weighted by Crippen LogP contribution is -2.13. The van der Waals surface area contributed by atoms with Crippen LogP contribution in [0.4, 0.5) is 30.2 Å². The number of para-hydroxylation sites is 1. The molecule has 0 saturated carbocycles. The van der Waals surface area contributed by atoms with Crippen LogP contribution < -0.4 is 10.6 Å². The Morgan fingerprint density at radius 2 is 1.73 bits per heavy atom. The first kappa shape index (κ1) is 17.8. The van der Waals surface area contributed by atoms with Gasteiger partial charge in [-0.1, -0.05) is 23.7 Å². The van der Waals surface area contributed by atoms with Crippen molar-refractivity contribution in [1.82, 2.24) is 4.98 Å². The van der Waals surface area contributed by atoms with E-state index >= 15 is 0 Å². The number of pyridine rings is 1. The number of hydrogen-bond donors (Lipinski definition) is 2. The molecule has 0 bridgehead atoms. The molecule has 26 heavy (non-hydrogen) atoms. The molecule has 1 heterocycles. The van der Waals surface area contributed by atoms with Crippen molar-refractivity contribution in [1.29, 1.82) is 0 Å². The topological polar surface area (TPSA) is 54.0 Å². The van der Waals surface area contributed by atoms with Gasteiger partial charge in [0.15, 0.2) is 17.5 Å². The predicted octanol–water partition coefficient (Wildman–Crippen LogP) is 5.15. The van der Waals surface area contributed by atoms with Crippen molar-refractivity contribution >= 4 is 34.6 Å². The fourth-order valence-electron chi connectivity index (χ4n) is 2.17. The molecule has 0 radical (unpaired) electrons. The molecule has 3 aromatic rings. The molecule has 1 aromatic heterocycles. The number of aromatic nitrogens is 1. The summed E-state index contributed by atoms with van der Waals surface area (Å²) in [6.07, 6.45) is 2.62. The fourth-order valence-corrected chi connectivity index (χ4v) is 2.35. The molecule has 0 saturated heterocycles. The van der Waals surface area contributed by atoms with Crippen molar-refractivity contribution in [2.75, 3.05) is 10.6 Å². The maximum absolute atomic E-state index is 13.7. The van der Waals surface area contributed by atoms with Crippen LogP contribution in [0.3, 0.4) is 0 Å². The van der Waals surface area contributed by atoms with Crippen molar-refractivity contribution in [3.63, 3.8) is 0 Å². The van der Waals surface area contributed by atoms with Gasteiger partial charge in [0, 0.05) is 6.20 Å². The van der Waals surface area contributed by atoms with Crippen LogP contribution in [0.2, 0.25) is 5.02 Å². The summed E-state index contributed by atoms with van der Waals surface area (Å²) in [5.41, 5.74) is 0.526. The van der Waals surface area contributed by atoms with Crippen molar-refractivity contribution in [3.8, 4) is 0 Å². The average molecular weight is 378 g/mol. The van der Waals surface area contributed by atoms with Gasteiger partial charge in [-0.15, -0.1) is 0 Å². The lowest BCUT2D eigenvalue weighted by molar-refractivity contribution is 0.102. The van der Waals surface area contributed by atoms with E-state index in [0.717, 1.165) is 12.1 Å². The van der Waals surface area contributed by atoms with E-state index in [4.69, 9.17) is 11.6 Å². The molecule has 0 aliphatic carbocycles. The number of rotatable bonds is 4. The second kappa shape index (κ2) is 7.45. The van der Waals surface area contributed by atoms with Crippen LogP contribution >= 0.6 is 11.6 Å². The molecular weight excluding hydrogens is 367 g/mol. The van der Waals surface area contributed by atoms with Gasteiger partial charge in [-0.3, -0.25) is 9.78 Å². The minimum atomic E-state index is -1.59. The van der Waals surface area contributed by atoms with Crippen LogP contribution in [-0.4, -0.2) is 10.9 Å². The monoisotopic (exact) mass is 377 g/mol. The third kappa shape index (κ3) is 3.78. The van der Waals surface area contributed by atoms with E-state index in [1.807, 2.05) is 0 Å². The Morgan fingerprint density at radius 1 is 0.962 bits per heavy atom. The van der Waals surface area contributed by atoms with Crippen molar-refractivity contribution in [2.45, 2.75) is 0 Å². The molecule has 2 aromatic carbocycles. The molecule has 0 fully saturated rings. The molecule has 0 atom stereocenters. The van der Waals surface area contributed by atoms with Crippen LogP contribution in [0, 0.1) is 17.5 Å². The second-order valence-electron chi connectivity index (χ2n) is 5.24. The van der Waals surface area contributed by atoms with Crippen LogP contribution in [-0.2, 0) is 0 Å². The van der Waals surface area contributed by atoms with Gasteiger partial charge >= 0.3 is 0 Å². The van der Waals surface area contributed by atoms with Crippen molar-refractivity contribution in [2.24, 2.45) is 0 Å².